The fourth-order valence-electron chi connectivity index (χ4n) is 3.27. The first-order chi connectivity index (χ1) is 12.0. The van der Waals surface area contributed by atoms with Crippen molar-refractivity contribution in [1.29, 1.82) is 0 Å². The highest BCUT2D eigenvalue weighted by Gasteiger charge is 2.27. The van der Waals surface area contributed by atoms with Crippen LogP contribution in [0, 0.1) is 6.92 Å². The molecule has 0 aromatic carbocycles. The quantitative estimate of drug-likeness (QED) is 0.841. The van der Waals surface area contributed by atoms with E-state index in [9.17, 15) is 9.59 Å². The molecule has 1 aliphatic rings. The molecule has 1 amide bonds. The molecule has 6 nitrogen and oxygen atoms in total. The minimum atomic E-state index is -0.129. The third-order valence-corrected chi connectivity index (χ3v) is 4.62. The number of amides is 1. The van der Waals surface area contributed by atoms with Gasteiger partial charge in [0.2, 0.25) is 5.91 Å². The van der Waals surface area contributed by atoms with E-state index < -0.39 is 0 Å². The van der Waals surface area contributed by atoms with Gasteiger partial charge in [0.05, 0.1) is 0 Å². The molecule has 1 unspecified atom stereocenters. The first-order valence-corrected chi connectivity index (χ1v) is 8.61. The standard InChI is InChI=1S/C19H24N4O2/c1-15-5-7-22(18(24)10-15)14-19(25)23-9-8-21(12-16(23)2)13-17-4-3-6-20-11-17/h3-7,10-11,16H,8-9,12-14H2,1-2H3. The molecule has 3 rings (SSSR count). The van der Waals surface area contributed by atoms with Gasteiger partial charge in [-0.3, -0.25) is 19.5 Å². The minimum absolute atomic E-state index is 0.000481. The number of aryl methyl sites for hydroxylation is 1. The van der Waals surface area contributed by atoms with Crippen molar-refractivity contribution >= 4 is 5.91 Å². The first kappa shape index (κ1) is 17.4. The monoisotopic (exact) mass is 340 g/mol. The van der Waals surface area contributed by atoms with Gasteiger partial charge in [0.25, 0.3) is 5.56 Å². The van der Waals surface area contributed by atoms with Gasteiger partial charge >= 0.3 is 0 Å². The average molecular weight is 340 g/mol. The summed E-state index contributed by atoms with van der Waals surface area (Å²) < 4.78 is 1.48. The maximum Gasteiger partial charge on any atom is 0.251 e. The number of pyridine rings is 2. The van der Waals surface area contributed by atoms with E-state index in [4.69, 9.17) is 0 Å². The smallest absolute Gasteiger partial charge is 0.251 e. The molecule has 1 aliphatic heterocycles. The van der Waals surface area contributed by atoms with E-state index in [1.165, 1.54) is 10.1 Å². The largest absolute Gasteiger partial charge is 0.336 e. The van der Waals surface area contributed by atoms with Gasteiger partial charge < -0.3 is 9.47 Å². The third-order valence-electron chi connectivity index (χ3n) is 4.62. The number of carbonyl (C=O) groups excluding carboxylic acids is 1. The average Bonchev–Trinajstić information content (AvgIpc) is 2.58. The lowest BCUT2D eigenvalue weighted by molar-refractivity contribution is -0.136. The summed E-state index contributed by atoms with van der Waals surface area (Å²) >= 11 is 0. The summed E-state index contributed by atoms with van der Waals surface area (Å²) in [5, 5.41) is 0. The van der Waals surface area contributed by atoms with Crippen LogP contribution in [0.2, 0.25) is 0 Å². The Hall–Kier alpha value is -2.47. The van der Waals surface area contributed by atoms with Crippen molar-refractivity contribution in [2.45, 2.75) is 33.0 Å². The van der Waals surface area contributed by atoms with Crippen LogP contribution in [0.1, 0.15) is 18.1 Å². The minimum Gasteiger partial charge on any atom is -0.336 e. The zero-order valence-corrected chi connectivity index (χ0v) is 14.8. The van der Waals surface area contributed by atoms with Crippen LogP contribution in [0.4, 0.5) is 0 Å². The van der Waals surface area contributed by atoms with Gasteiger partial charge in [-0.2, -0.15) is 0 Å². The lowest BCUT2D eigenvalue weighted by Gasteiger charge is -2.40. The predicted octanol–water partition coefficient (Wildman–Crippen LogP) is 1.28. The first-order valence-electron chi connectivity index (χ1n) is 8.61. The molecular formula is C19H24N4O2. The highest BCUT2D eigenvalue weighted by atomic mass is 16.2. The van der Waals surface area contributed by atoms with E-state index >= 15 is 0 Å². The van der Waals surface area contributed by atoms with Gasteiger partial charge in [0.15, 0.2) is 0 Å². The van der Waals surface area contributed by atoms with E-state index in [2.05, 4.69) is 22.9 Å². The zero-order valence-electron chi connectivity index (χ0n) is 14.8. The molecule has 2 aromatic rings. The zero-order chi connectivity index (χ0) is 17.8. The van der Waals surface area contributed by atoms with Crippen LogP contribution in [0.15, 0.2) is 47.7 Å². The van der Waals surface area contributed by atoms with Crippen molar-refractivity contribution < 1.29 is 4.79 Å². The number of rotatable bonds is 4. The number of nitrogens with zero attached hydrogens (tertiary/aromatic N) is 4. The van der Waals surface area contributed by atoms with E-state index in [0.717, 1.165) is 25.2 Å². The van der Waals surface area contributed by atoms with Gasteiger partial charge in [-0.15, -0.1) is 0 Å². The molecule has 6 heteroatoms. The second-order valence-corrected chi connectivity index (χ2v) is 6.70. The Kier molecular flexibility index (Phi) is 5.28. The lowest BCUT2D eigenvalue weighted by atomic mass is 10.1. The fraction of sp³-hybridized carbons (Fsp3) is 0.421. The molecular weight excluding hydrogens is 316 g/mol. The Morgan fingerprint density at radius 2 is 2.16 bits per heavy atom. The molecule has 0 bridgehead atoms. The lowest BCUT2D eigenvalue weighted by Crippen LogP contribution is -2.54. The van der Waals surface area contributed by atoms with Gasteiger partial charge in [-0.05, 0) is 37.1 Å². The maximum atomic E-state index is 12.6. The van der Waals surface area contributed by atoms with Crippen LogP contribution >= 0.6 is 0 Å². The third kappa shape index (κ3) is 4.33. The maximum absolute atomic E-state index is 12.6. The molecule has 0 radical (unpaired) electrons. The van der Waals surface area contributed by atoms with Crippen LogP contribution in [-0.4, -0.2) is 50.9 Å². The van der Waals surface area contributed by atoms with Crippen LogP contribution in [0.5, 0.6) is 0 Å². The summed E-state index contributed by atoms with van der Waals surface area (Å²) in [5.74, 6) is -0.000481. The summed E-state index contributed by atoms with van der Waals surface area (Å²) in [6.07, 6.45) is 5.35. The Bertz CT molecular complexity index is 788. The van der Waals surface area contributed by atoms with Crippen molar-refractivity contribution in [2.24, 2.45) is 0 Å². The Labute approximate surface area is 147 Å². The summed E-state index contributed by atoms with van der Waals surface area (Å²) in [6.45, 7) is 7.21. The van der Waals surface area contributed by atoms with Crippen molar-refractivity contribution in [3.8, 4) is 0 Å². The number of hydrogen-bond acceptors (Lipinski definition) is 4. The molecule has 25 heavy (non-hydrogen) atoms. The van der Waals surface area contributed by atoms with Gasteiger partial charge in [-0.25, -0.2) is 0 Å². The fourth-order valence-corrected chi connectivity index (χ4v) is 3.27. The van der Waals surface area contributed by atoms with E-state index in [1.54, 1.807) is 18.5 Å². The van der Waals surface area contributed by atoms with Crippen LogP contribution < -0.4 is 5.56 Å². The highest BCUT2D eigenvalue weighted by molar-refractivity contribution is 5.76. The molecule has 0 saturated carbocycles. The normalized spacial score (nSPS) is 18.3. The number of hydrogen-bond donors (Lipinski definition) is 0. The number of piperazine rings is 1. The topological polar surface area (TPSA) is 58.4 Å². The van der Waals surface area contributed by atoms with E-state index in [1.807, 2.05) is 30.2 Å². The molecule has 0 aliphatic carbocycles. The number of carbonyl (C=O) groups is 1. The van der Waals surface area contributed by atoms with Gasteiger partial charge in [0, 0.05) is 56.9 Å². The van der Waals surface area contributed by atoms with E-state index in [-0.39, 0.29) is 24.1 Å². The summed E-state index contributed by atoms with van der Waals surface area (Å²) in [4.78, 5) is 33.0. The molecule has 1 atom stereocenters. The molecule has 2 aromatic heterocycles. The van der Waals surface area contributed by atoms with Crippen LogP contribution in [0.3, 0.4) is 0 Å². The molecule has 0 N–H and O–H groups in total. The second kappa shape index (κ2) is 7.61. The molecule has 132 valence electrons. The van der Waals surface area contributed by atoms with E-state index in [0.29, 0.717) is 6.54 Å². The summed E-state index contributed by atoms with van der Waals surface area (Å²) in [7, 11) is 0. The Morgan fingerprint density at radius 1 is 1.32 bits per heavy atom. The molecule has 1 fully saturated rings. The van der Waals surface area contributed by atoms with Crippen LogP contribution in [-0.2, 0) is 17.9 Å². The predicted molar refractivity (Wildman–Crippen MR) is 96.1 cm³/mol. The van der Waals surface area contributed by atoms with Gasteiger partial charge in [0.1, 0.15) is 6.54 Å². The van der Waals surface area contributed by atoms with Crippen molar-refractivity contribution in [2.75, 3.05) is 19.6 Å². The van der Waals surface area contributed by atoms with Crippen molar-refractivity contribution in [1.82, 2.24) is 19.4 Å². The molecule has 1 saturated heterocycles. The van der Waals surface area contributed by atoms with Crippen molar-refractivity contribution in [3.05, 3.63) is 64.3 Å². The highest BCUT2D eigenvalue weighted by Crippen LogP contribution is 2.13. The summed E-state index contributed by atoms with van der Waals surface area (Å²) in [5.41, 5.74) is 1.96. The second-order valence-electron chi connectivity index (χ2n) is 6.70. The number of aromatic nitrogens is 2. The molecule has 3 heterocycles. The summed E-state index contributed by atoms with van der Waals surface area (Å²) in [6, 6.07) is 7.54. The van der Waals surface area contributed by atoms with Crippen LogP contribution in [0.25, 0.3) is 0 Å². The Morgan fingerprint density at radius 3 is 2.84 bits per heavy atom. The SMILES string of the molecule is Cc1ccn(CC(=O)N2CCN(Cc3cccnc3)CC2C)c(=O)c1. The van der Waals surface area contributed by atoms with Crippen molar-refractivity contribution in [3.63, 3.8) is 0 Å². The molecule has 0 spiro atoms. The Balaban J connectivity index is 1.59. The van der Waals surface area contributed by atoms with Gasteiger partial charge in [-0.1, -0.05) is 6.07 Å².